The first-order valence-electron chi connectivity index (χ1n) is 5.70. The quantitative estimate of drug-likeness (QED) is 0.846. The molecule has 1 aliphatic carbocycles. The molecule has 0 fully saturated rings. The number of aliphatic carboxylic acids is 1. The van der Waals surface area contributed by atoms with E-state index in [9.17, 15) is 9.90 Å². The number of carboxylic acids is 1. The molecule has 4 heteroatoms. The molecule has 0 saturated carbocycles. The van der Waals surface area contributed by atoms with E-state index in [0.29, 0.717) is 17.2 Å². The van der Waals surface area contributed by atoms with Crippen LogP contribution < -0.4 is 0 Å². The number of halogens is 1. The molecule has 1 aromatic rings. The fourth-order valence-corrected chi connectivity index (χ4v) is 2.85. The summed E-state index contributed by atoms with van der Waals surface area (Å²) in [6.07, 6.45) is 3.13. The van der Waals surface area contributed by atoms with E-state index in [1.54, 1.807) is 12.2 Å². The number of hydrogen-bond donors (Lipinski definition) is 1. The van der Waals surface area contributed by atoms with Crippen molar-refractivity contribution < 1.29 is 14.6 Å². The summed E-state index contributed by atoms with van der Waals surface area (Å²) in [5.41, 5.74) is 2.24. The first kappa shape index (κ1) is 11.5. The normalized spacial score (nSPS) is 25.6. The second kappa shape index (κ2) is 4.26. The predicted molar refractivity (Wildman–Crippen MR) is 68.2 cm³/mol. The molecule has 3 rings (SSSR count). The van der Waals surface area contributed by atoms with Gasteiger partial charge in [-0.15, -0.1) is 0 Å². The highest BCUT2D eigenvalue weighted by Crippen LogP contribution is 2.44. The van der Waals surface area contributed by atoms with Crippen LogP contribution in [-0.2, 0) is 9.53 Å². The van der Waals surface area contributed by atoms with Crippen molar-refractivity contribution in [3.63, 3.8) is 0 Å². The van der Waals surface area contributed by atoms with Crippen LogP contribution in [0.2, 0.25) is 0 Å². The molecule has 1 aliphatic heterocycles. The van der Waals surface area contributed by atoms with Crippen LogP contribution in [0.1, 0.15) is 17.2 Å². The minimum Gasteiger partial charge on any atom is -0.478 e. The average molecular weight is 263 g/mol. The van der Waals surface area contributed by atoms with Crippen molar-refractivity contribution >= 4 is 22.6 Å². The minimum atomic E-state index is -0.909. The number of benzene rings is 1. The van der Waals surface area contributed by atoms with E-state index in [1.165, 1.54) is 0 Å². The van der Waals surface area contributed by atoms with Crippen molar-refractivity contribution in [1.29, 1.82) is 0 Å². The largest absolute Gasteiger partial charge is 0.478 e. The van der Waals surface area contributed by atoms with Crippen LogP contribution in [0.25, 0.3) is 5.03 Å². The maximum Gasteiger partial charge on any atom is 0.332 e. The standard InChI is InChI=1S/C14H11ClO3/c15-12-7-11-10(14(16)17)5-6-18-13(11)9-4-2-1-3-8(9)12/h1-5,7,11,13H,6H2,(H,16,17). The first-order chi connectivity index (χ1) is 8.68. The average Bonchev–Trinajstić information content (AvgIpc) is 2.38. The van der Waals surface area contributed by atoms with E-state index in [2.05, 4.69) is 0 Å². The van der Waals surface area contributed by atoms with E-state index >= 15 is 0 Å². The SMILES string of the molecule is O=C(O)C1=CCOC2c3ccccc3C(Cl)=CC12. The molecule has 0 bridgehead atoms. The maximum atomic E-state index is 11.2. The Morgan fingerprint density at radius 3 is 2.94 bits per heavy atom. The number of fused-ring (bicyclic) bond motifs is 3. The van der Waals surface area contributed by atoms with Gasteiger partial charge in [0.25, 0.3) is 0 Å². The lowest BCUT2D eigenvalue weighted by Crippen LogP contribution is -2.28. The minimum absolute atomic E-state index is 0.250. The Bertz CT molecular complexity index is 574. The van der Waals surface area contributed by atoms with Gasteiger partial charge in [-0.05, 0) is 17.2 Å². The zero-order chi connectivity index (χ0) is 12.7. The lowest BCUT2D eigenvalue weighted by Gasteiger charge is -2.34. The molecule has 0 spiro atoms. The van der Waals surface area contributed by atoms with Crippen molar-refractivity contribution in [3.05, 3.63) is 53.1 Å². The molecule has 0 amide bonds. The lowest BCUT2D eigenvalue weighted by atomic mass is 9.81. The van der Waals surface area contributed by atoms with Gasteiger partial charge in [0, 0.05) is 16.5 Å². The zero-order valence-electron chi connectivity index (χ0n) is 9.47. The lowest BCUT2D eigenvalue weighted by molar-refractivity contribution is -0.134. The van der Waals surface area contributed by atoms with Gasteiger partial charge in [0.1, 0.15) is 0 Å². The van der Waals surface area contributed by atoms with Crippen molar-refractivity contribution in [2.24, 2.45) is 5.92 Å². The van der Waals surface area contributed by atoms with Gasteiger partial charge in [0.2, 0.25) is 0 Å². The molecule has 18 heavy (non-hydrogen) atoms. The molecule has 0 saturated heterocycles. The van der Waals surface area contributed by atoms with Gasteiger partial charge in [-0.25, -0.2) is 4.79 Å². The van der Waals surface area contributed by atoms with Crippen molar-refractivity contribution in [3.8, 4) is 0 Å². The van der Waals surface area contributed by atoms with Crippen LogP contribution >= 0.6 is 11.6 Å². The maximum absolute atomic E-state index is 11.2. The topological polar surface area (TPSA) is 46.5 Å². The molecule has 1 heterocycles. The van der Waals surface area contributed by atoms with E-state index in [0.717, 1.165) is 11.1 Å². The summed E-state index contributed by atoms with van der Waals surface area (Å²) in [5.74, 6) is -1.22. The summed E-state index contributed by atoms with van der Waals surface area (Å²) in [7, 11) is 0. The molecule has 3 nitrogen and oxygen atoms in total. The molecular weight excluding hydrogens is 252 g/mol. The number of rotatable bonds is 1. The van der Waals surface area contributed by atoms with Gasteiger partial charge < -0.3 is 9.84 Å². The summed E-state index contributed by atoms with van der Waals surface area (Å²) in [5, 5.41) is 9.80. The molecule has 2 atom stereocenters. The molecule has 2 aliphatic rings. The molecule has 0 aromatic heterocycles. The van der Waals surface area contributed by atoms with Crippen LogP contribution in [0.3, 0.4) is 0 Å². The Balaban J connectivity index is 2.13. The molecule has 1 aromatic carbocycles. The Kier molecular flexibility index (Phi) is 2.73. The summed E-state index contributed by atoms with van der Waals surface area (Å²) < 4.78 is 5.69. The van der Waals surface area contributed by atoms with Crippen LogP contribution in [0, 0.1) is 5.92 Å². The van der Waals surface area contributed by atoms with Crippen molar-refractivity contribution in [2.75, 3.05) is 6.61 Å². The molecule has 1 N–H and O–H groups in total. The summed E-state index contributed by atoms with van der Waals surface area (Å²) in [6.45, 7) is 0.322. The van der Waals surface area contributed by atoms with Crippen LogP contribution in [0.4, 0.5) is 0 Å². The van der Waals surface area contributed by atoms with Gasteiger partial charge in [-0.1, -0.05) is 41.9 Å². The fourth-order valence-electron chi connectivity index (χ4n) is 2.54. The van der Waals surface area contributed by atoms with E-state index < -0.39 is 5.97 Å². The molecule has 92 valence electrons. The Morgan fingerprint density at radius 1 is 1.39 bits per heavy atom. The third-order valence-corrected chi connectivity index (χ3v) is 3.69. The Labute approximate surface area is 109 Å². The summed E-state index contributed by atoms with van der Waals surface area (Å²) in [6, 6.07) is 7.68. The van der Waals surface area contributed by atoms with Crippen LogP contribution in [0.5, 0.6) is 0 Å². The number of hydrogen-bond acceptors (Lipinski definition) is 2. The van der Waals surface area contributed by atoms with Crippen LogP contribution in [-0.4, -0.2) is 17.7 Å². The highest BCUT2D eigenvalue weighted by Gasteiger charge is 2.36. The highest BCUT2D eigenvalue weighted by molar-refractivity contribution is 6.49. The molecule has 2 unspecified atom stereocenters. The number of carboxylic acid groups (broad SMARTS) is 1. The Morgan fingerprint density at radius 2 is 2.17 bits per heavy atom. The van der Waals surface area contributed by atoms with Gasteiger partial charge in [-0.2, -0.15) is 0 Å². The van der Waals surface area contributed by atoms with Gasteiger partial charge in [0.15, 0.2) is 0 Å². The van der Waals surface area contributed by atoms with Crippen molar-refractivity contribution in [1.82, 2.24) is 0 Å². The van der Waals surface area contributed by atoms with Gasteiger partial charge in [-0.3, -0.25) is 0 Å². The molecular formula is C14H11ClO3. The number of ether oxygens (including phenoxy) is 1. The monoisotopic (exact) mass is 262 g/mol. The first-order valence-corrected chi connectivity index (χ1v) is 6.08. The van der Waals surface area contributed by atoms with E-state index in [1.807, 2.05) is 24.3 Å². The van der Waals surface area contributed by atoms with Gasteiger partial charge in [0.05, 0.1) is 12.7 Å². The van der Waals surface area contributed by atoms with Crippen molar-refractivity contribution in [2.45, 2.75) is 6.10 Å². The molecule has 0 radical (unpaired) electrons. The zero-order valence-corrected chi connectivity index (χ0v) is 10.2. The summed E-state index contributed by atoms with van der Waals surface area (Å²) >= 11 is 6.22. The second-order valence-electron chi connectivity index (χ2n) is 4.35. The second-order valence-corrected chi connectivity index (χ2v) is 4.75. The van der Waals surface area contributed by atoms with Gasteiger partial charge >= 0.3 is 5.97 Å². The van der Waals surface area contributed by atoms with E-state index in [4.69, 9.17) is 16.3 Å². The third-order valence-electron chi connectivity index (χ3n) is 3.36. The predicted octanol–water partition coefficient (Wildman–Crippen LogP) is 2.98. The van der Waals surface area contributed by atoms with E-state index in [-0.39, 0.29) is 12.0 Å². The summed E-state index contributed by atoms with van der Waals surface area (Å²) in [4.78, 5) is 11.2. The smallest absolute Gasteiger partial charge is 0.332 e. The third kappa shape index (κ3) is 1.67. The Hall–Kier alpha value is -1.58. The number of carbonyl (C=O) groups is 1. The fraction of sp³-hybridized carbons (Fsp3) is 0.214. The van der Waals surface area contributed by atoms with Crippen LogP contribution in [0.15, 0.2) is 42.0 Å². The highest BCUT2D eigenvalue weighted by atomic mass is 35.5.